The normalized spacial score (nSPS) is 15.0. The molecular weight excluding hydrogens is 349 g/mol. The Hall–Kier alpha value is -2.11. The highest BCUT2D eigenvalue weighted by Gasteiger charge is 2.30. The highest BCUT2D eigenvalue weighted by molar-refractivity contribution is 5.81. The number of benzene rings is 1. The minimum absolute atomic E-state index is 0.121. The van der Waals surface area contributed by atoms with Gasteiger partial charge in [-0.25, -0.2) is 14.0 Å². The molecule has 0 fully saturated rings. The number of carbonyl (C=O) groups excluding carboxylic acids is 2. The van der Waals surface area contributed by atoms with Gasteiger partial charge in [-0.3, -0.25) is 0 Å². The van der Waals surface area contributed by atoms with Crippen LogP contribution in [-0.4, -0.2) is 29.8 Å². The molecule has 152 valence electrons. The molecule has 0 aliphatic carbocycles. The summed E-state index contributed by atoms with van der Waals surface area (Å²) in [4.78, 5) is 24.6. The fourth-order valence-corrected chi connectivity index (χ4v) is 2.69. The van der Waals surface area contributed by atoms with E-state index < -0.39 is 29.8 Å². The Labute approximate surface area is 161 Å². The fourth-order valence-electron chi connectivity index (χ4n) is 2.69. The summed E-state index contributed by atoms with van der Waals surface area (Å²) in [5.41, 5.74) is 1.06. The van der Waals surface area contributed by atoms with Crippen molar-refractivity contribution in [3.05, 3.63) is 35.1 Å². The predicted molar refractivity (Wildman–Crippen MR) is 103 cm³/mol. The smallest absolute Gasteiger partial charge is 0.408 e. The Kier molecular flexibility index (Phi) is 7.81. The van der Waals surface area contributed by atoms with Gasteiger partial charge in [-0.1, -0.05) is 26.8 Å². The second-order valence-electron chi connectivity index (χ2n) is 8.30. The van der Waals surface area contributed by atoms with E-state index in [9.17, 15) is 14.0 Å². The van der Waals surface area contributed by atoms with Crippen molar-refractivity contribution in [2.45, 2.75) is 79.1 Å². The molecule has 0 saturated carbocycles. The third-order valence-electron chi connectivity index (χ3n) is 4.32. The summed E-state index contributed by atoms with van der Waals surface area (Å²) in [5, 5.41) is 2.59. The van der Waals surface area contributed by atoms with Gasteiger partial charge >= 0.3 is 12.1 Å². The highest BCUT2D eigenvalue weighted by Crippen LogP contribution is 2.25. The number of ether oxygens (including phenoxy) is 2. The largest absolute Gasteiger partial charge is 0.460 e. The average molecular weight is 381 g/mol. The Morgan fingerprint density at radius 1 is 1.11 bits per heavy atom. The van der Waals surface area contributed by atoms with Crippen LogP contribution in [0.1, 0.15) is 65.5 Å². The second kappa shape index (κ2) is 9.20. The van der Waals surface area contributed by atoms with Crippen LogP contribution in [0.4, 0.5) is 9.18 Å². The van der Waals surface area contributed by atoms with E-state index in [-0.39, 0.29) is 17.7 Å². The number of esters is 1. The molecule has 1 aromatic rings. The summed E-state index contributed by atoms with van der Waals surface area (Å²) in [7, 11) is 0. The first-order chi connectivity index (χ1) is 12.3. The molecule has 3 atom stereocenters. The number of rotatable bonds is 6. The number of hydrogen-bond acceptors (Lipinski definition) is 4. The topological polar surface area (TPSA) is 64.6 Å². The van der Waals surface area contributed by atoms with Crippen molar-refractivity contribution in [2.75, 3.05) is 0 Å². The minimum atomic E-state index is -0.816. The maximum absolute atomic E-state index is 13.3. The van der Waals surface area contributed by atoms with Gasteiger partial charge in [0, 0.05) is 5.92 Å². The summed E-state index contributed by atoms with van der Waals surface area (Å²) < 4.78 is 24.1. The number of nitrogens with one attached hydrogen (secondary N) is 1. The molecule has 0 aliphatic heterocycles. The van der Waals surface area contributed by atoms with E-state index in [2.05, 4.69) is 5.32 Å². The van der Waals surface area contributed by atoms with Crippen LogP contribution in [0.2, 0.25) is 0 Å². The standard InChI is InChI=1S/C21H32FNO4/c1-12(2)18(23-20(25)27-21(6,7)8)19(24)26-15(5)14(4)17-10-9-16(22)11-13(17)3/h9-12,14-15,18H,1-8H3,(H,23,25)/t14-,15-,18-/m0/s1. The van der Waals surface area contributed by atoms with Gasteiger partial charge < -0.3 is 14.8 Å². The zero-order chi connectivity index (χ0) is 20.9. The quantitative estimate of drug-likeness (QED) is 0.724. The third-order valence-corrected chi connectivity index (χ3v) is 4.32. The van der Waals surface area contributed by atoms with Crippen LogP contribution in [0, 0.1) is 18.7 Å². The molecule has 0 aromatic heterocycles. The molecule has 0 bridgehead atoms. The molecule has 5 nitrogen and oxygen atoms in total. The number of hydrogen-bond donors (Lipinski definition) is 1. The summed E-state index contributed by atoms with van der Waals surface area (Å²) in [5.74, 6) is -1.10. The SMILES string of the molecule is Cc1cc(F)ccc1[C@@H](C)[C@H](C)OC(=O)[C@@H](NC(=O)OC(C)(C)C)C(C)C. The van der Waals surface area contributed by atoms with E-state index in [1.807, 2.05) is 27.7 Å². The van der Waals surface area contributed by atoms with Crippen LogP contribution < -0.4 is 5.32 Å². The second-order valence-corrected chi connectivity index (χ2v) is 8.30. The lowest BCUT2D eigenvalue weighted by molar-refractivity contribution is -0.153. The van der Waals surface area contributed by atoms with E-state index in [0.29, 0.717) is 0 Å². The summed E-state index contributed by atoms with van der Waals surface area (Å²) in [6.45, 7) is 14.4. The van der Waals surface area contributed by atoms with Crippen LogP contribution in [-0.2, 0) is 14.3 Å². The summed E-state index contributed by atoms with van der Waals surface area (Å²) >= 11 is 0. The first-order valence-electron chi connectivity index (χ1n) is 9.28. The Morgan fingerprint density at radius 3 is 2.19 bits per heavy atom. The Balaban J connectivity index is 2.81. The van der Waals surface area contributed by atoms with Crippen LogP contribution in [0.25, 0.3) is 0 Å². The van der Waals surface area contributed by atoms with Crippen molar-refractivity contribution >= 4 is 12.1 Å². The van der Waals surface area contributed by atoms with Gasteiger partial charge in [-0.15, -0.1) is 0 Å². The zero-order valence-corrected chi connectivity index (χ0v) is 17.6. The van der Waals surface area contributed by atoms with Crippen LogP contribution >= 0.6 is 0 Å². The maximum atomic E-state index is 13.3. The lowest BCUT2D eigenvalue weighted by atomic mass is 9.92. The average Bonchev–Trinajstić information content (AvgIpc) is 2.49. The predicted octanol–water partition coefficient (Wildman–Crippen LogP) is 4.72. The van der Waals surface area contributed by atoms with Crippen LogP contribution in [0.15, 0.2) is 18.2 Å². The van der Waals surface area contributed by atoms with E-state index in [1.54, 1.807) is 33.8 Å². The van der Waals surface area contributed by atoms with E-state index >= 15 is 0 Å². The molecular formula is C21H32FNO4. The van der Waals surface area contributed by atoms with Gasteiger partial charge in [0.15, 0.2) is 0 Å². The van der Waals surface area contributed by atoms with Crippen molar-refractivity contribution in [3.63, 3.8) is 0 Å². The number of alkyl carbamates (subject to hydrolysis) is 1. The van der Waals surface area contributed by atoms with E-state index in [4.69, 9.17) is 9.47 Å². The molecule has 0 saturated heterocycles. The highest BCUT2D eigenvalue weighted by atomic mass is 19.1. The lowest BCUT2D eigenvalue weighted by Gasteiger charge is -2.27. The maximum Gasteiger partial charge on any atom is 0.408 e. The molecule has 0 heterocycles. The van der Waals surface area contributed by atoms with Gasteiger partial charge in [-0.2, -0.15) is 0 Å². The molecule has 6 heteroatoms. The fraction of sp³-hybridized carbons (Fsp3) is 0.619. The number of amides is 1. The van der Waals surface area contributed by atoms with E-state index in [1.165, 1.54) is 12.1 Å². The molecule has 0 spiro atoms. The van der Waals surface area contributed by atoms with Gasteiger partial charge in [0.1, 0.15) is 23.6 Å². The molecule has 0 radical (unpaired) electrons. The molecule has 0 aliphatic rings. The number of carbonyl (C=O) groups is 2. The first kappa shape index (κ1) is 22.9. The first-order valence-corrected chi connectivity index (χ1v) is 9.28. The van der Waals surface area contributed by atoms with Crippen molar-refractivity contribution in [3.8, 4) is 0 Å². The van der Waals surface area contributed by atoms with Gasteiger partial charge in [0.05, 0.1) is 0 Å². The molecule has 0 unspecified atom stereocenters. The molecule has 1 N–H and O–H groups in total. The molecule has 1 rings (SSSR count). The lowest BCUT2D eigenvalue weighted by Crippen LogP contribution is -2.48. The number of halogens is 1. The van der Waals surface area contributed by atoms with Crippen molar-refractivity contribution in [1.82, 2.24) is 5.32 Å². The molecule has 1 aromatic carbocycles. The van der Waals surface area contributed by atoms with Gasteiger partial charge in [0.25, 0.3) is 0 Å². The Bertz CT molecular complexity index is 667. The minimum Gasteiger partial charge on any atom is -0.460 e. The van der Waals surface area contributed by atoms with Crippen molar-refractivity contribution in [1.29, 1.82) is 0 Å². The van der Waals surface area contributed by atoms with Crippen molar-refractivity contribution in [2.24, 2.45) is 5.92 Å². The third kappa shape index (κ3) is 7.19. The Morgan fingerprint density at radius 2 is 1.70 bits per heavy atom. The van der Waals surface area contributed by atoms with Gasteiger partial charge in [0.2, 0.25) is 0 Å². The summed E-state index contributed by atoms with van der Waals surface area (Å²) in [6, 6.07) is 3.75. The van der Waals surface area contributed by atoms with Crippen LogP contribution in [0.3, 0.4) is 0 Å². The van der Waals surface area contributed by atoms with Crippen molar-refractivity contribution < 1.29 is 23.5 Å². The van der Waals surface area contributed by atoms with Crippen LogP contribution in [0.5, 0.6) is 0 Å². The zero-order valence-electron chi connectivity index (χ0n) is 17.6. The number of aryl methyl sites for hydroxylation is 1. The van der Waals surface area contributed by atoms with Gasteiger partial charge in [-0.05, 0) is 63.8 Å². The monoisotopic (exact) mass is 381 g/mol. The molecule has 1 amide bonds. The summed E-state index contributed by atoms with van der Waals surface area (Å²) in [6.07, 6.45) is -1.10. The molecule has 27 heavy (non-hydrogen) atoms. The van der Waals surface area contributed by atoms with E-state index in [0.717, 1.165) is 11.1 Å².